The smallest absolute Gasteiger partial charge is 0.333 e. The van der Waals surface area contributed by atoms with Crippen molar-refractivity contribution in [2.75, 3.05) is 13.1 Å². The lowest BCUT2D eigenvalue weighted by Crippen LogP contribution is -2.32. The standard InChI is InChI=1S/C51H48Cl2N6O10/c1-30-36(28-68-48-14-46(66-26-34-9-32(16-54)18-56-20-34)38(11-43(48)52)22-58-24-40(60)13-50(62)63)5-3-7-41(30)42-8-4-6-37(31(42)2)29-69-49-15-47(67-27-35-10-33(17-55)19-57-21-35)39(12-44(49)53)23-59-25-45(61)51(64)65/h3-12,14-15,18-21,40,45,58-61H,13,22-29H2,1-2H3,(H,62,63)(H,64,65)/t40-,45+/m0/s1. The lowest BCUT2D eigenvalue weighted by Gasteiger charge is -2.19. The van der Waals surface area contributed by atoms with Gasteiger partial charge in [0.2, 0.25) is 0 Å². The number of nitriles is 2. The van der Waals surface area contributed by atoms with E-state index in [2.05, 4.69) is 32.7 Å². The van der Waals surface area contributed by atoms with Gasteiger partial charge in [0.25, 0.3) is 0 Å². The maximum absolute atomic E-state index is 11.2. The average molecular weight is 976 g/mol. The summed E-state index contributed by atoms with van der Waals surface area (Å²) in [7, 11) is 0. The Morgan fingerprint density at radius 3 is 1.51 bits per heavy atom. The molecule has 0 spiro atoms. The molecule has 69 heavy (non-hydrogen) atoms. The van der Waals surface area contributed by atoms with E-state index in [1.165, 1.54) is 12.4 Å². The fraction of sp³-hybridized carbons (Fsp3) is 0.255. The highest BCUT2D eigenvalue weighted by atomic mass is 35.5. The molecule has 0 amide bonds. The molecule has 2 aromatic heterocycles. The SMILES string of the molecule is Cc1c(COc2cc(OCc3cncc(C#N)c3)c(CNC[C@@H](O)CC(=O)O)cc2Cl)cccc1-c1cccc(COc2cc(OCc3cncc(C#N)c3)c(CNC[C@@H](O)C(=O)O)cc2Cl)c1C. The van der Waals surface area contributed by atoms with Crippen LogP contribution in [-0.2, 0) is 49.1 Å². The molecule has 6 aromatic rings. The number of aliphatic hydroxyl groups excluding tert-OH is 2. The fourth-order valence-electron chi connectivity index (χ4n) is 7.15. The lowest BCUT2D eigenvalue weighted by atomic mass is 9.92. The van der Waals surface area contributed by atoms with Crippen molar-refractivity contribution in [2.45, 2.75) is 72.0 Å². The zero-order chi connectivity index (χ0) is 49.5. The van der Waals surface area contributed by atoms with Crippen LogP contribution in [0.15, 0.2) is 97.6 Å². The van der Waals surface area contributed by atoms with Crippen LogP contribution in [0.3, 0.4) is 0 Å². The number of rotatable bonds is 24. The Balaban J connectivity index is 1.18. The Kier molecular flexibility index (Phi) is 18.3. The molecule has 6 rings (SSSR count). The molecule has 2 atom stereocenters. The van der Waals surface area contributed by atoms with Gasteiger partial charge < -0.3 is 50.0 Å². The first-order valence-electron chi connectivity index (χ1n) is 21.5. The molecule has 0 fully saturated rings. The van der Waals surface area contributed by atoms with E-state index in [0.29, 0.717) is 61.4 Å². The van der Waals surface area contributed by atoms with Crippen LogP contribution >= 0.6 is 23.2 Å². The minimum absolute atomic E-state index is 0.0194. The molecule has 356 valence electrons. The van der Waals surface area contributed by atoms with E-state index in [-0.39, 0.29) is 57.6 Å². The van der Waals surface area contributed by atoms with E-state index in [9.17, 15) is 30.3 Å². The van der Waals surface area contributed by atoms with Crippen molar-refractivity contribution >= 4 is 35.1 Å². The van der Waals surface area contributed by atoms with E-state index < -0.39 is 30.6 Å². The number of nitrogens with zero attached hydrogens (tertiary/aromatic N) is 4. The van der Waals surface area contributed by atoms with Crippen LogP contribution in [0.25, 0.3) is 11.1 Å². The van der Waals surface area contributed by atoms with Crippen LogP contribution in [-0.4, -0.2) is 67.6 Å². The Morgan fingerprint density at radius 2 is 1.07 bits per heavy atom. The molecule has 0 radical (unpaired) electrons. The number of pyridine rings is 2. The van der Waals surface area contributed by atoms with Gasteiger partial charge in [0.05, 0.1) is 33.7 Å². The highest BCUT2D eigenvalue weighted by Gasteiger charge is 2.19. The minimum atomic E-state index is -1.60. The van der Waals surface area contributed by atoms with E-state index in [4.69, 9.17) is 52.4 Å². The highest BCUT2D eigenvalue weighted by molar-refractivity contribution is 6.32. The van der Waals surface area contributed by atoms with E-state index in [1.807, 2.05) is 50.2 Å². The Labute approximate surface area is 408 Å². The van der Waals surface area contributed by atoms with Gasteiger partial charge in [-0.05, 0) is 71.5 Å². The number of halogens is 2. The first-order valence-corrected chi connectivity index (χ1v) is 22.2. The van der Waals surface area contributed by atoms with E-state index in [0.717, 1.165) is 33.4 Å². The van der Waals surface area contributed by atoms with Crippen LogP contribution in [0, 0.1) is 36.5 Å². The third-order valence-electron chi connectivity index (χ3n) is 10.9. The van der Waals surface area contributed by atoms with Gasteiger partial charge in [-0.2, -0.15) is 10.5 Å². The van der Waals surface area contributed by atoms with Gasteiger partial charge >= 0.3 is 11.9 Å². The maximum atomic E-state index is 11.2. The molecule has 0 saturated carbocycles. The second-order valence-corrected chi connectivity index (χ2v) is 16.7. The number of aliphatic carboxylic acids is 2. The summed E-state index contributed by atoms with van der Waals surface area (Å²) in [6, 6.07) is 26.0. The number of hydrogen-bond donors (Lipinski definition) is 6. The van der Waals surface area contributed by atoms with Crippen LogP contribution in [0.4, 0.5) is 0 Å². The largest absolute Gasteiger partial charge is 0.488 e. The normalized spacial score (nSPS) is 11.8. The molecule has 0 saturated heterocycles. The maximum Gasteiger partial charge on any atom is 0.333 e. The number of carbonyl (C=O) groups is 2. The molecule has 0 bridgehead atoms. The number of aromatic nitrogens is 2. The highest BCUT2D eigenvalue weighted by Crippen LogP contribution is 2.37. The molecular weight excluding hydrogens is 927 g/mol. The Hall–Kier alpha value is -7.28. The van der Waals surface area contributed by atoms with E-state index >= 15 is 0 Å². The van der Waals surface area contributed by atoms with Crippen LogP contribution in [0.5, 0.6) is 23.0 Å². The van der Waals surface area contributed by atoms with Gasteiger partial charge in [-0.25, -0.2) is 4.79 Å². The van der Waals surface area contributed by atoms with Crippen molar-refractivity contribution in [1.82, 2.24) is 20.6 Å². The van der Waals surface area contributed by atoms with Crippen molar-refractivity contribution in [1.29, 1.82) is 10.5 Å². The zero-order valence-electron chi connectivity index (χ0n) is 37.5. The predicted molar refractivity (Wildman–Crippen MR) is 255 cm³/mol. The van der Waals surface area contributed by atoms with Gasteiger partial charge in [-0.3, -0.25) is 14.8 Å². The summed E-state index contributed by atoms with van der Waals surface area (Å²) in [4.78, 5) is 30.4. The van der Waals surface area contributed by atoms with Crippen molar-refractivity contribution < 1.29 is 49.0 Å². The minimum Gasteiger partial charge on any atom is -0.488 e. The second kappa shape index (κ2) is 24.7. The summed E-state index contributed by atoms with van der Waals surface area (Å²) in [5, 5.41) is 63.2. The predicted octanol–water partition coefficient (Wildman–Crippen LogP) is 7.59. The van der Waals surface area contributed by atoms with Crippen molar-refractivity contribution in [3.05, 3.63) is 163 Å². The number of benzene rings is 4. The molecule has 2 heterocycles. The number of aliphatic hydroxyl groups is 2. The lowest BCUT2D eigenvalue weighted by molar-refractivity contribution is -0.146. The van der Waals surface area contributed by atoms with Crippen molar-refractivity contribution in [3.63, 3.8) is 0 Å². The summed E-state index contributed by atoms with van der Waals surface area (Å²) in [5.74, 6) is -0.979. The van der Waals surface area contributed by atoms with Gasteiger partial charge in [0, 0.05) is 85.4 Å². The summed E-state index contributed by atoms with van der Waals surface area (Å²) in [6.45, 7) is 4.59. The average Bonchev–Trinajstić information content (AvgIpc) is 3.33. The molecule has 0 aliphatic rings. The molecule has 0 unspecified atom stereocenters. The van der Waals surface area contributed by atoms with Gasteiger partial charge in [0.1, 0.15) is 61.6 Å². The topological polar surface area (TPSA) is 249 Å². The molecule has 18 heteroatoms. The molecular formula is C51H48Cl2N6O10. The third kappa shape index (κ3) is 14.4. The van der Waals surface area contributed by atoms with Crippen LogP contribution in [0.1, 0.15) is 62.1 Å². The fourth-order valence-corrected chi connectivity index (χ4v) is 7.63. The first-order chi connectivity index (χ1) is 33.2. The molecule has 4 aromatic carbocycles. The number of hydrogen-bond acceptors (Lipinski definition) is 14. The summed E-state index contributed by atoms with van der Waals surface area (Å²) in [5.41, 5.74) is 8.94. The number of nitrogens with one attached hydrogen (secondary N) is 2. The van der Waals surface area contributed by atoms with Gasteiger partial charge in [-0.15, -0.1) is 0 Å². The monoisotopic (exact) mass is 974 g/mol. The van der Waals surface area contributed by atoms with Gasteiger partial charge in [0.15, 0.2) is 6.10 Å². The number of ether oxygens (including phenoxy) is 4. The molecule has 16 nitrogen and oxygen atoms in total. The third-order valence-corrected chi connectivity index (χ3v) is 11.4. The molecule has 6 N–H and O–H groups in total. The second-order valence-electron chi connectivity index (χ2n) is 15.9. The van der Waals surface area contributed by atoms with E-state index in [1.54, 1.807) is 48.8 Å². The number of carboxylic acids is 2. The Morgan fingerprint density at radius 1 is 0.623 bits per heavy atom. The van der Waals surface area contributed by atoms with Crippen LogP contribution < -0.4 is 29.6 Å². The van der Waals surface area contributed by atoms with Crippen LogP contribution in [0.2, 0.25) is 10.0 Å². The first kappa shape index (κ1) is 51.1. The van der Waals surface area contributed by atoms with Gasteiger partial charge in [-0.1, -0.05) is 59.6 Å². The van der Waals surface area contributed by atoms with Crippen molar-refractivity contribution in [2.24, 2.45) is 0 Å². The zero-order valence-corrected chi connectivity index (χ0v) is 39.1. The Bertz CT molecular complexity index is 2890. The summed E-state index contributed by atoms with van der Waals surface area (Å²) >= 11 is 13.5. The van der Waals surface area contributed by atoms with Crippen molar-refractivity contribution in [3.8, 4) is 46.3 Å². The molecule has 0 aliphatic carbocycles. The molecule has 0 aliphatic heterocycles. The quantitative estimate of drug-likeness (QED) is 0.0342. The summed E-state index contributed by atoms with van der Waals surface area (Å²) < 4.78 is 25.0. The number of carboxylic acid groups (broad SMARTS) is 2. The summed E-state index contributed by atoms with van der Waals surface area (Å²) in [6.07, 6.45) is 2.96.